The predicted molar refractivity (Wildman–Crippen MR) is 54.3 cm³/mol. The number of rotatable bonds is 5. The molecule has 0 aliphatic rings. The molecule has 0 heterocycles. The number of ether oxygens (including phenoxy) is 1. The van der Waals surface area contributed by atoms with Crippen LogP contribution in [0.15, 0.2) is 12.2 Å². The molecule has 0 spiro atoms. The van der Waals surface area contributed by atoms with Gasteiger partial charge >= 0.3 is 0 Å². The van der Waals surface area contributed by atoms with Crippen LogP contribution in [0.3, 0.4) is 0 Å². The molecule has 0 saturated carbocycles. The van der Waals surface area contributed by atoms with Gasteiger partial charge in [0, 0.05) is 0 Å². The van der Waals surface area contributed by atoms with Crippen molar-refractivity contribution < 1.29 is 4.74 Å². The molecule has 72 valence electrons. The van der Waals surface area contributed by atoms with Crippen molar-refractivity contribution in [2.75, 3.05) is 0 Å². The molecule has 0 fully saturated rings. The Kier molecular flexibility index (Phi) is 6.09. The maximum atomic E-state index is 5.58. The summed E-state index contributed by atoms with van der Waals surface area (Å²) in [6.07, 6.45) is 6.14. The summed E-state index contributed by atoms with van der Waals surface area (Å²) in [4.78, 5) is 0. The van der Waals surface area contributed by atoms with Crippen LogP contribution in [-0.4, -0.2) is 12.2 Å². The van der Waals surface area contributed by atoms with Crippen LogP contribution in [-0.2, 0) is 4.74 Å². The van der Waals surface area contributed by atoms with Gasteiger partial charge in [0.2, 0.25) is 0 Å². The fraction of sp³-hybridized carbons (Fsp3) is 0.818. The van der Waals surface area contributed by atoms with Gasteiger partial charge < -0.3 is 4.74 Å². The third-order valence-electron chi connectivity index (χ3n) is 1.49. The third kappa shape index (κ3) is 7.80. The molecular formula is C11H22O. The Hall–Kier alpha value is -0.300. The van der Waals surface area contributed by atoms with E-state index < -0.39 is 0 Å². The third-order valence-corrected chi connectivity index (χ3v) is 1.49. The van der Waals surface area contributed by atoms with E-state index in [4.69, 9.17) is 4.74 Å². The van der Waals surface area contributed by atoms with Crippen molar-refractivity contribution in [3.63, 3.8) is 0 Å². The second-order valence-electron chi connectivity index (χ2n) is 3.90. The number of allylic oxidation sites excluding steroid dienone is 1. The Balaban J connectivity index is 3.49. The zero-order chi connectivity index (χ0) is 9.56. The smallest absolute Gasteiger partial charge is 0.0584 e. The molecule has 0 unspecified atom stereocenters. The summed E-state index contributed by atoms with van der Waals surface area (Å²) in [7, 11) is 0. The van der Waals surface area contributed by atoms with Crippen molar-refractivity contribution in [2.24, 2.45) is 5.92 Å². The molecule has 1 atom stereocenters. The highest BCUT2D eigenvalue weighted by Gasteiger charge is 2.01. The highest BCUT2D eigenvalue weighted by Crippen LogP contribution is 2.04. The summed E-state index contributed by atoms with van der Waals surface area (Å²) in [5.74, 6) is 0.649. The van der Waals surface area contributed by atoms with Gasteiger partial charge in [0.15, 0.2) is 0 Å². The predicted octanol–water partition coefficient (Wildman–Crippen LogP) is 3.40. The number of hydrogen-bond acceptors (Lipinski definition) is 1. The molecule has 0 bridgehead atoms. The molecule has 0 radical (unpaired) electrons. The molecule has 0 aliphatic carbocycles. The van der Waals surface area contributed by atoms with Crippen LogP contribution in [0.2, 0.25) is 0 Å². The second kappa shape index (κ2) is 6.24. The quantitative estimate of drug-likeness (QED) is 0.575. The van der Waals surface area contributed by atoms with Crippen LogP contribution >= 0.6 is 0 Å². The van der Waals surface area contributed by atoms with Crippen molar-refractivity contribution in [3.05, 3.63) is 12.2 Å². The topological polar surface area (TPSA) is 9.23 Å². The standard InChI is InChI=1S/C11H22O/c1-9(2)7-6-8-11(5)12-10(3)4/h6-7,9-11H,8H2,1-5H3/b7-6+/t11-/m1/s1. The van der Waals surface area contributed by atoms with Crippen molar-refractivity contribution >= 4 is 0 Å². The van der Waals surface area contributed by atoms with Gasteiger partial charge in [0.05, 0.1) is 12.2 Å². The van der Waals surface area contributed by atoms with Gasteiger partial charge in [-0.25, -0.2) is 0 Å². The van der Waals surface area contributed by atoms with Gasteiger partial charge in [-0.3, -0.25) is 0 Å². The summed E-state index contributed by atoms with van der Waals surface area (Å²) in [5.41, 5.74) is 0. The van der Waals surface area contributed by atoms with E-state index in [1.807, 2.05) is 0 Å². The van der Waals surface area contributed by atoms with E-state index in [0.29, 0.717) is 18.1 Å². The van der Waals surface area contributed by atoms with Crippen molar-refractivity contribution in [2.45, 2.75) is 53.2 Å². The van der Waals surface area contributed by atoms with Gasteiger partial charge in [0.25, 0.3) is 0 Å². The normalized spacial score (nSPS) is 14.9. The van der Waals surface area contributed by atoms with Crippen LogP contribution in [0.25, 0.3) is 0 Å². The highest BCUT2D eigenvalue weighted by molar-refractivity contribution is 4.85. The Labute approximate surface area is 76.8 Å². The maximum Gasteiger partial charge on any atom is 0.0584 e. The minimum absolute atomic E-state index is 0.340. The fourth-order valence-electron chi connectivity index (χ4n) is 1.06. The number of hydrogen-bond donors (Lipinski definition) is 0. The van der Waals surface area contributed by atoms with Crippen LogP contribution < -0.4 is 0 Å². The van der Waals surface area contributed by atoms with E-state index in [2.05, 4.69) is 46.8 Å². The van der Waals surface area contributed by atoms with Crippen molar-refractivity contribution in [1.82, 2.24) is 0 Å². The maximum absolute atomic E-state index is 5.58. The van der Waals surface area contributed by atoms with E-state index in [1.54, 1.807) is 0 Å². The van der Waals surface area contributed by atoms with E-state index in [0.717, 1.165) is 6.42 Å². The van der Waals surface area contributed by atoms with Crippen molar-refractivity contribution in [1.29, 1.82) is 0 Å². The molecular weight excluding hydrogens is 148 g/mol. The first-order valence-corrected chi connectivity index (χ1v) is 4.84. The van der Waals surface area contributed by atoms with E-state index in [-0.39, 0.29) is 0 Å². The first kappa shape index (κ1) is 11.7. The summed E-state index contributed by atoms with van der Waals surface area (Å²) in [6.45, 7) is 10.6. The average Bonchev–Trinajstić information content (AvgIpc) is 1.84. The first-order chi connectivity index (χ1) is 5.52. The molecule has 0 aliphatic heterocycles. The summed E-state index contributed by atoms with van der Waals surface area (Å²) >= 11 is 0. The van der Waals surface area contributed by atoms with Crippen LogP contribution in [0.1, 0.15) is 41.0 Å². The molecule has 0 rings (SSSR count). The lowest BCUT2D eigenvalue weighted by Gasteiger charge is -2.13. The molecule has 12 heavy (non-hydrogen) atoms. The van der Waals surface area contributed by atoms with Crippen molar-refractivity contribution in [3.8, 4) is 0 Å². The molecule has 1 heteroatoms. The molecule has 0 aromatic heterocycles. The lowest BCUT2D eigenvalue weighted by atomic mass is 10.1. The Morgan fingerprint density at radius 1 is 1.08 bits per heavy atom. The lowest BCUT2D eigenvalue weighted by Crippen LogP contribution is -2.13. The van der Waals surface area contributed by atoms with Gasteiger partial charge in [-0.2, -0.15) is 0 Å². The van der Waals surface area contributed by atoms with Crippen LogP contribution in [0, 0.1) is 5.92 Å². The summed E-state index contributed by atoms with van der Waals surface area (Å²) in [5, 5.41) is 0. The minimum Gasteiger partial charge on any atom is -0.376 e. The highest BCUT2D eigenvalue weighted by atomic mass is 16.5. The Morgan fingerprint density at radius 2 is 1.67 bits per heavy atom. The zero-order valence-corrected chi connectivity index (χ0v) is 9.00. The van der Waals surface area contributed by atoms with Gasteiger partial charge in [-0.1, -0.05) is 26.0 Å². The van der Waals surface area contributed by atoms with Gasteiger partial charge in [0.1, 0.15) is 0 Å². The van der Waals surface area contributed by atoms with Crippen LogP contribution in [0.5, 0.6) is 0 Å². The molecule has 0 amide bonds. The first-order valence-electron chi connectivity index (χ1n) is 4.84. The molecule has 0 aromatic rings. The molecule has 0 aromatic carbocycles. The largest absolute Gasteiger partial charge is 0.376 e. The van der Waals surface area contributed by atoms with Gasteiger partial charge in [-0.05, 0) is 33.1 Å². The summed E-state index contributed by atoms with van der Waals surface area (Å²) in [6, 6.07) is 0. The average molecular weight is 170 g/mol. The van der Waals surface area contributed by atoms with E-state index in [1.165, 1.54) is 0 Å². The van der Waals surface area contributed by atoms with Crippen LogP contribution in [0.4, 0.5) is 0 Å². The summed E-state index contributed by atoms with van der Waals surface area (Å²) < 4.78 is 5.58. The molecule has 0 N–H and O–H groups in total. The monoisotopic (exact) mass is 170 g/mol. The SMILES string of the molecule is CC(C)/C=C/C[C@@H](C)OC(C)C. The lowest BCUT2D eigenvalue weighted by molar-refractivity contribution is 0.0209. The molecule has 1 nitrogen and oxygen atoms in total. The van der Waals surface area contributed by atoms with E-state index in [9.17, 15) is 0 Å². The molecule has 0 saturated heterocycles. The zero-order valence-electron chi connectivity index (χ0n) is 9.00. The van der Waals surface area contributed by atoms with E-state index >= 15 is 0 Å². The fourth-order valence-corrected chi connectivity index (χ4v) is 1.06. The Morgan fingerprint density at radius 3 is 2.08 bits per heavy atom. The minimum atomic E-state index is 0.340. The van der Waals surface area contributed by atoms with Gasteiger partial charge in [-0.15, -0.1) is 0 Å². The Bertz CT molecular complexity index is 125. The second-order valence-corrected chi connectivity index (χ2v) is 3.90.